The number of rotatable bonds is 5. The highest BCUT2D eigenvalue weighted by atomic mass is 31.2. The summed E-state index contributed by atoms with van der Waals surface area (Å²) in [5.41, 5.74) is 1.75. The molecule has 176 valence electrons. The van der Waals surface area contributed by atoms with Gasteiger partial charge < -0.3 is 14.8 Å². The molecule has 0 radical (unpaired) electrons. The predicted molar refractivity (Wildman–Crippen MR) is 128 cm³/mol. The number of halogens is 3. The molecule has 33 heavy (non-hydrogen) atoms. The molecule has 0 amide bonds. The van der Waals surface area contributed by atoms with Crippen molar-refractivity contribution in [3.05, 3.63) is 52.8 Å². The summed E-state index contributed by atoms with van der Waals surface area (Å²) in [6.07, 6.45) is -3.32. The summed E-state index contributed by atoms with van der Waals surface area (Å²) < 4.78 is 53.3. The van der Waals surface area contributed by atoms with Crippen molar-refractivity contribution in [1.29, 1.82) is 0 Å². The van der Waals surface area contributed by atoms with Gasteiger partial charge in [-0.25, -0.2) is 9.97 Å². The Morgan fingerprint density at radius 3 is 2.39 bits per heavy atom. The van der Waals surface area contributed by atoms with Crippen molar-refractivity contribution in [3.63, 3.8) is 0 Å². The Morgan fingerprint density at radius 2 is 1.82 bits per heavy atom. The number of nitrogens with one attached hydrogen (secondary N) is 1. The number of aryl methyl sites for hydroxylation is 1. The lowest BCUT2D eigenvalue weighted by Crippen LogP contribution is -2.39. The minimum absolute atomic E-state index is 0.187. The molecule has 5 nitrogen and oxygen atoms in total. The molecule has 3 aromatic rings. The van der Waals surface area contributed by atoms with Crippen LogP contribution >= 0.6 is 7.14 Å². The SMILES string of the molecule is Cc1nc(N[C@H](C)c2cccc(C(F)(F)F)c2C)c2cc(P(C)(C)=O)c(N3CCC3)cc2n1. The van der Waals surface area contributed by atoms with Crippen LogP contribution in [0.5, 0.6) is 0 Å². The molecule has 1 aliphatic heterocycles. The van der Waals surface area contributed by atoms with E-state index in [4.69, 9.17) is 0 Å². The summed E-state index contributed by atoms with van der Waals surface area (Å²) in [7, 11) is -2.60. The lowest BCUT2D eigenvalue weighted by Gasteiger charge is -2.35. The third kappa shape index (κ3) is 4.58. The molecule has 1 N–H and O–H groups in total. The lowest BCUT2D eigenvalue weighted by molar-refractivity contribution is -0.138. The van der Waals surface area contributed by atoms with Crippen LogP contribution in [-0.2, 0) is 10.7 Å². The van der Waals surface area contributed by atoms with E-state index in [1.807, 2.05) is 19.1 Å². The van der Waals surface area contributed by atoms with Crippen molar-refractivity contribution < 1.29 is 17.7 Å². The first-order chi connectivity index (χ1) is 15.4. The molecule has 0 unspecified atom stereocenters. The molecular weight excluding hydrogens is 448 g/mol. The molecule has 0 saturated carbocycles. The minimum Gasteiger partial charge on any atom is -0.371 e. The van der Waals surface area contributed by atoms with Crippen LogP contribution in [0.15, 0.2) is 30.3 Å². The maximum atomic E-state index is 13.4. The van der Waals surface area contributed by atoms with E-state index in [0.29, 0.717) is 22.6 Å². The summed E-state index contributed by atoms with van der Waals surface area (Å²) in [6.45, 7) is 10.4. The number of hydrogen-bond acceptors (Lipinski definition) is 5. The fraction of sp³-hybridized carbons (Fsp3) is 0.417. The van der Waals surface area contributed by atoms with Crippen LogP contribution in [0.4, 0.5) is 24.7 Å². The molecule has 1 aliphatic rings. The van der Waals surface area contributed by atoms with E-state index < -0.39 is 24.9 Å². The van der Waals surface area contributed by atoms with Crippen molar-refractivity contribution in [3.8, 4) is 0 Å². The highest BCUT2D eigenvalue weighted by molar-refractivity contribution is 7.70. The Labute approximate surface area is 191 Å². The normalized spacial score (nSPS) is 15.5. The summed E-state index contributed by atoms with van der Waals surface area (Å²) in [4.78, 5) is 11.3. The van der Waals surface area contributed by atoms with Crippen molar-refractivity contribution >= 4 is 34.9 Å². The van der Waals surface area contributed by atoms with Gasteiger partial charge in [0.05, 0.1) is 17.1 Å². The summed E-state index contributed by atoms with van der Waals surface area (Å²) >= 11 is 0. The van der Waals surface area contributed by atoms with Crippen LogP contribution in [0.25, 0.3) is 10.9 Å². The topological polar surface area (TPSA) is 58.1 Å². The Kier molecular flexibility index (Phi) is 5.94. The van der Waals surface area contributed by atoms with Gasteiger partial charge in [0.25, 0.3) is 0 Å². The number of nitrogens with zero attached hydrogens (tertiary/aromatic N) is 3. The smallest absolute Gasteiger partial charge is 0.371 e. The average Bonchev–Trinajstić information content (AvgIpc) is 2.64. The molecule has 9 heteroatoms. The summed E-state index contributed by atoms with van der Waals surface area (Å²) in [5, 5.41) is 4.78. The number of anilines is 2. The number of hydrogen-bond donors (Lipinski definition) is 1. The molecule has 1 fully saturated rings. The molecule has 2 heterocycles. The molecule has 1 saturated heterocycles. The number of alkyl halides is 3. The zero-order valence-electron chi connectivity index (χ0n) is 19.4. The van der Waals surface area contributed by atoms with E-state index in [0.717, 1.165) is 42.1 Å². The zero-order valence-corrected chi connectivity index (χ0v) is 20.3. The lowest BCUT2D eigenvalue weighted by atomic mass is 9.97. The van der Waals surface area contributed by atoms with Crippen molar-refractivity contribution in [2.75, 3.05) is 36.6 Å². The molecule has 1 aromatic heterocycles. The molecule has 4 rings (SSSR count). The maximum Gasteiger partial charge on any atom is 0.416 e. The Bertz CT molecular complexity index is 1260. The van der Waals surface area contributed by atoms with Crippen LogP contribution < -0.4 is 15.5 Å². The quantitative estimate of drug-likeness (QED) is 0.465. The molecule has 0 aliphatic carbocycles. The van der Waals surface area contributed by atoms with Crippen molar-refractivity contribution in [2.45, 2.75) is 39.4 Å². The maximum absolute atomic E-state index is 13.4. The van der Waals surface area contributed by atoms with Gasteiger partial charge in [0.15, 0.2) is 0 Å². The monoisotopic (exact) mass is 476 g/mol. The van der Waals surface area contributed by atoms with Gasteiger partial charge in [-0.05, 0) is 69.8 Å². The second kappa shape index (κ2) is 8.32. The first-order valence-electron chi connectivity index (χ1n) is 10.9. The standard InChI is InChI=1S/C24H28F3N4OP/c1-14-17(8-6-9-19(14)24(25,26)27)15(2)28-23-18-12-22(33(4,5)32)21(31-10-7-11-31)13-20(18)29-16(3)30-23/h6,8-9,12-13,15H,7,10-11H2,1-5H3,(H,28,29,30)/t15-/m1/s1. The van der Waals surface area contributed by atoms with E-state index in [1.54, 1.807) is 26.3 Å². The number of fused-ring (bicyclic) bond motifs is 1. The zero-order chi connectivity index (χ0) is 24.1. The van der Waals surface area contributed by atoms with Gasteiger partial charge in [-0.1, -0.05) is 12.1 Å². The van der Waals surface area contributed by atoms with Gasteiger partial charge in [-0.15, -0.1) is 0 Å². The Morgan fingerprint density at radius 1 is 1.12 bits per heavy atom. The molecule has 0 spiro atoms. The van der Waals surface area contributed by atoms with Crippen LogP contribution in [0.1, 0.15) is 41.9 Å². The van der Waals surface area contributed by atoms with E-state index >= 15 is 0 Å². The van der Waals surface area contributed by atoms with Gasteiger partial charge in [0.1, 0.15) is 18.8 Å². The minimum atomic E-state index is -4.41. The fourth-order valence-corrected chi connectivity index (χ4v) is 5.53. The van der Waals surface area contributed by atoms with Gasteiger partial charge in [0.2, 0.25) is 0 Å². The first kappa shape index (κ1) is 23.6. The third-order valence-corrected chi connectivity index (χ3v) is 7.70. The van der Waals surface area contributed by atoms with Gasteiger partial charge in [-0.3, -0.25) is 0 Å². The highest BCUT2D eigenvalue weighted by Crippen LogP contribution is 2.42. The molecule has 2 aromatic carbocycles. The van der Waals surface area contributed by atoms with Crippen LogP contribution in [0.3, 0.4) is 0 Å². The number of benzene rings is 2. The van der Waals surface area contributed by atoms with Gasteiger partial charge in [-0.2, -0.15) is 13.2 Å². The van der Waals surface area contributed by atoms with Crippen LogP contribution in [0.2, 0.25) is 0 Å². The van der Waals surface area contributed by atoms with E-state index in [9.17, 15) is 17.7 Å². The largest absolute Gasteiger partial charge is 0.416 e. The Hall–Kier alpha value is -2.60. The van der Waals surface area contributed by atoms with E-state index in [2.05, 4.69) is 20.2 Å². The summed E-state index contributed by atoms with van der Waals surface area (Å²) in [5.74, 6) is 1.07. The Balaban J connectivity index is 1.81. The van der Waals surface area contributed by atoms with Gasteiger partial charge in [0, 0.05) is 29.5 Å². The molecule has 1 atom stereocenters. The second-order valence-corrected chi connectivity index (χ2v) is 12.2. The fourth-order valence-electron chi connectivity index (χ4n) is 4.33. The van der Waals surface area contributed by atoms with Gasteiger partial charge >= 0.3 is 6.18 Å². The predicted octanol–water partition coefficient (Wildman–Crippen LogP) is 5.90. The third-order valence-electron chi connectivity index (χ3n) is 6.18. The summed E-state index contributed by atoms with van der Waals surface area (Å²) in [6, 6.07) is 7.63. The van der Waals surface area contributed by atoms with Crippen LogP contribution in [0, 0.1) is 13.8 Å². The average molecular weight is 476 g/mol. The molecule has 0 bridgehead atoms. The van der Waals surface area contributed by atoms with E-state index in [-0.39, 0.29) is 5.56 Å². The second-order valence-electron chi connectivity index (χ2n) is 9.05. The molecular formula is C24H28F3N4OP. The van der Waals surface area contributed by atoms with Crippen molar-refractivity contribution in [1.82, 2.24) is 9.97 Å². The first-order valence-corrected chi connectivity index (χ1v) is 13.5. The van der Waals surface area contributed by atoms with E-state index in [1.165, 1.54) is 13.0 Å². The number of aromatic nitrogens is 2. The van der Waals surface area contributed by atoms with Crippen molar-refractivity contribution in [2.24, 2.45) is 0 Å². The highest BCUT2D eigenvalue weighted by Gasteiger charge is 2.33. The van der Waals surface area contributed by atoms with Crippen LogP contribution in [-0.4, -0.2) is 36.4 Å².